The second-order valence-electron chi connectivity index (χ2n) is 24.5. The predicted octanol–water partition coefficient (Wildman–Crippen LogP) is 25.2. The number of unbranched alkanes of at least 4 members (excludes halogenated alkanes) is 44. The Morgan fingerprint density at radius 3 is 0.771 bits per heavy atom. The molecule has 0 fully saturated rings. The number of hydrogen-bond acceptors (Lipinski definition) is 6. The van der Waals surface area contributed by atoms with Gasteiger partial charge in [-0.2, -0.15) is 0 Å². The van der Waals surface area contributed by atoms with Crippen molar-refractivity contribution in [1.82, 2.24) is 0 Å². The number of ether oxygens (including phenoxy) is 3. The van der Waals surface area contributed by atoms with Gasteiger partial charge in [0.05, 0.1) is 0 Å². The highest BCUT2D eigenvalue weighted by Crippen LogP contribution is 2.18. The van der Waals surface area contributed by atoms with Gasteiger partial charge in [0.2, 0.25) is 0 Å². The molecule has 0 aliphatic carbocycles. The molecule has 482 valence electrons. The van der Waals surface area contributed by atoms with Crippen molar-refractivity contribution in [2.24, 2.45) is 0 Å². The summed E-state index contributed by atoms with van der Waals surface area (Å²) in [5, 5.41) is 0. The van der Waals surface area contributed by atoms with Crippen LogP contribution in [-0.4, -0.2) is 37.2 Å². The minimum atomic E-state index is -0.787. The van der Waals surface area contributed by atoms with Crippen LogP contribution in [0.5, 0.6) is 0 Å². The monoisotopic (exact) mass is 1160 g/mol. The van der Waals surface area contributed by atoms with Crippen LogP contribution in [0.3, 0.4) is 0 Å². The molecular formula is C77H138O6. The molecule has 0 aromatic heterocycles. The average molecular weight is 1160 g/mol. The van der Waals surface area contributed by atoms with Crippen LogP contribution in [0, 0.1) is 0 Å². The van der Waals surface area contributed by atoms with Gasteiger partial charge in [0.1, 0.15) is 13.2 Å². The van der Waals surface area contributed by atoms with Crippen molar-refractivity contribution in [1.29, 1.82) is 0 Å². The summed E-state index contributed by atoms with van der Waals surface area (Å²) in [5.41, 5.74) is 0. The van der Waals surface area contributed by atoms with Crippen LogP contribution in [0.25, 0.3) is 0 Å². The largest absolute Gasteiger partial charge is 0.462 e. The summed E-state index contributed by atoms with van der Waals surface area (Å²) in [6, 6.07) is 0. The molecule has 0 saturated heterocycles. The molecule has 0 radical (unpaired) electrons. The lowest BCUT2D eigenvalue weighted by Gasteiger charge is -2.18. The van der Waals surface area contributed by atoms with Crippen molar-refractivity contribution in [2.75, 3.05) is 13.2 Å². The van der Waals surface area contributed by atoms with Crippen LogP contribution in [0.15, 0.2) is 72.9 Å². The van der Waals surface area contributed by atoms with Gasteiger partial charge < -0.3 is 14.2 Å². The summed E-state index contributed by atoms with van der Waals surface area (Å²) in [4.78, 5) is 38.4. The first-order valence-electron chi connectivity index (χ1n) is 36.4. The van der Waals surface area contributed by atoms with Crippen molar-refractivity contribution in [2.45, 2.75) is 386 Å². The fourth-order valence-corrected chi connectivity index (χ4v) is 10.7. The summed E-state index contributed by atoms with van der Waals surface area (Å²) in [6.07, 6.45) is 93.8. The third-order valence-corrected chi connectivity index (χ3v) is 16.2. The van der Waals surface area contributed by atoms with Crippen LogP contribution in [-0.2, 0) is 28.6 Å². The van der Waals surface area contributed by atoms with Crippen molar-refractivity contribution in [3.05, 3.63) is 72.9 Å². The van der Waals surface area contributed by atoms with Crippen LogP contribution in [0.4, 0.5) is 0 Å². The maximum Gasteiger partial charge on any atom is 0.306 e. The molecule has 83 heavy (non-hydrogen) atoms. The van der Waals surface area contributed by atoms with Crippen LogP contribution < -0.4 is 0 Å². The number of allylic oxidation sites excluding steroid dienone is 12. The summed E-state index contributed by atoms with van der Waals surface area (Å²) in [6.45, 7) is 6.53. The van der Waals surface area contributed by atoms with E-state index in [0.717, 1.165) is 103 Å². The van der Waals surface area contributed by atoms with E-state index in [9.17, 15) is 14.4 Å². The molecule has 0 spiro atoms. The SMILES string of the molecule is CC/C=C\C/C=C\C/C=C\CCCCCCCCCC(=O)OC(COC(=O)CCCCCCC/C=C\C/C=C\CCCCC)COC(=O)CCCCCCCCCCCCCCCCCCCCCCC/C=C\CCCCCCCCCC. The van der Waals surface area contributed by atoms with Gasteiger partial charge in [0.15, 0.2) is 6.10 Å². The van der Waals surface area contributed by atoms with Gasteiger partial charge in [0.25, 0.3) is 0 Å². The predicted molar refractivity (Wildman–Crippen MR) is 362 cm³/mol. The maximum absolute atomic E-state index is 12.9. The average Bonchev–Trinajstić information content (AvgIpc) is 3.49. The van der Waals surface area contributed by atoms with E-state index in [1.807, 2.05) is 0 Å². The smallest absolute Gasteiger partial charge is 0.306 e. The fourth-order valence-electron chi connectivity index (χ4n) is 10.7. The third kappa shape index (κ3) is 69.5. The number of carbonyl (C=O) groups is 3. The summed E-state index contributed by atoms with van der Waals surface area (Å²) >= 11 is 0. The van der Waals surface area contributed by atoms with Gasteiger partial charge in [-0.1, -0.05) is 325 Å². The zero-order valence-electron chi connectivity index (χ0n) is 55.5. The van der Waals surface area contributed by atoms with E-state index in [4.69, 9.17) is 14.2 Å². The topological polar surface area (TPSA) is 78.9 Å². The quantitative estimate of drug-likeness (QED) is 0.0261. The van der Waals surface area contributed by atoms with Crippen LogP contribution in [0.1, 0.15) is 380 Å². The number of carbonyl (C=O) groups excluding carboxylic acids is 3. The molecule has 1 atom stereocenters. The second kappa shape index (κ2) is 71.3. The van der Waals surface area contributed by atoms with Gasteiger partial charge in [0, 0.05) is 19.3 Å². The molecule has 6 nitrogen and oxygen atoms in total. The Labute approximate surface area is 516 Å². The molecule has 6 heteroatoms. The minimum absolute atomic E-state index is 0.0810. The van der Waals surface area contributed by atoms with E-state index in [1.54, 1.807) is 0 Å². The van der Waals surface area contributed by atoms with E-state index >= 15 is 0 Å². The molecule has 0 aliphatic rings. The Morgan fingerprint density at radius 2 is 0.470 bits per heavy atom. The molecule has 0 rings (SSSR count). The summed E-state index contributed by atoms with van der Waals surface area (Å²) in [5.74, 6) is -0.886. The molecule has 0 amide bonds. The molecule has 0 heterocycles. The van der Waals surface area contributed by atoms with Crippen LogP contribution in [0.2, 0.25) is 0 Å². The Hall–Kier alpha value is -3.15. The fraction of sp³-hybridized carbons (Fsp3) is 0.805. The second-order valence-corrected chi connectivity index (χ2v) is 24.5. The van der Waals surface area contributed by atoms with Crippen LogP contribution >= 0.6 is 0 Å². The Morgan fingerprint density at radius 1 is 0.253 bits per heavy atom. The van der Waals surface area contributed by atoms with Gasteiger partial charge in [-0.15, -0.1) is 0 Å². The third-order valence-electron chi connectivity index (χ3n) is 16.2. The molecule has 0 aromatic rings. The lowest BCUT2D eigenvalue weighted by atomic mass is 10.0. The lowest BCUT2D eigenvalue weighted by Crippen LogP contribution is -2.30. The normalized spacial score (nSPS) is 12.5. The molecule has 0 aliphatic heterocycles. The van der Waals surface area contributed by atoms with Gasteiger partial charge in [-0.05, 0) is 109 Å². The van der Waals surface area contributed by atoms with E-state index in [0.29, 0.717) is 19.3 Å². The highest BCUT2D eigenvalue weighted by atomic mass is 16.6. The van der Waals surface area contributed by atoms with Crippen molar-refractivity contribution in [3.63, 3.8) is 0 Å². The first kappa shape index (κ1) is 79.8. The molecular weight excluding hydrogens is 1020 g/mol. The van der Waals surface area contributed by atoms with Gasteiger partial charge in [-0.3, -0.25) is 14.4 Å². The summed E-state index contributed by atoms with van der Waals surface area (Å²) < 4.78 is 17.0. The number of rotatable bonds is 67. The zero-order valence-corrected chi connectivity index (χ0v) is 55.5. The maximum atomic E-state index is 12.9. The lowest BCUT2D eigenvalue weighted by molar-refractivity contribution is -0.167. The Balaban J connectivity index is 4.16. The van der Waals surface area contributed by atoms with E-state index in [-0.39, 0.29) is 31.1 Å². The standard InChI is InChI=1S/C77H138O6/c1-4-7-10-13-16-19-22-25-28-30-31-32-33-34-35-36-37-38-39-40-41-42-43-44-45-47-49-52-55-58-61-64-67-70-76(79)82-73-74(72-81-75(78)69-66-63-60-57-54-51-48-27-24-21-18-15-12-9-6-3)83-77(80)71-68-65-62-59-56-53-50-46-29-26-23-20-17-14-11-8-5-2/h8,11,17-18,20-21,26-27,29-31,48,74H,4-7,9-10,12-16,19,22-25,28,32-47,49-73H2,1-3H3/b11-8-,20-17-,21-18-,29-26-,31-30-,48-27-. The molecule has 0 N–H and O–H groups in total. The molecule has 1 unspecified atom stereocenters. The number of esters is 3. The van der Waals surface area contributed by atoms with E-state index in [2.05, 4.69) is 93.7 Å². The highest BCUT2D eigenvalue weighted by Gasteiger charge is 2.19. The molecule has 0 bridgehead atoms. The highest BCUT2D eigenvalue weighted by molar-refractivity contribution is 5.71. The summed E-state index contributed by atoms with van der Waals surface area (Å²) in [7, 11) is 0. The van der Waals surface area contributed by atoms with Crippen molar-refractivity contribution < 1.29 is 28.6 Å². The van der Waals surface area contributed by atoms with E-state index < -0.39 is 6.10 Å². The first-order chi connectivity index (χ1) is 41.0. The Bertz CT molecular complexity index is 1520. The number of hydrogen-bond donors (Lipinski definition) is 0. The minimum Gasteiger partial charge on any atom is -0.462 e. The van der Waals surface area contributed by atoms with Gasteiger partial charge in [-0.25, -0.2) is 0 Å². The van der Waals surface area contributed by atoms with Crippen molar-refractivity contribution in [3.8, 4) is 0 Å². The van der Waals surface area contributed by atoms with Gasteiger partial charge >= 0.3 is 17.9 Å². The zero-order chi connectivity index (χ0) is 59.9. The Kier molecular flexibility index (Phi) is 68.6. The molecule has 0 aromatic carbocycles. The molecule has 0 saturated carbocycles. The first-order valence-corrected chi connectivity index (χ1v) is 36.4. The van der Waals surface area contributed by atoms with Crippen molar-refractivity contribution >= 4 is 17.9 Å². The van der Waals surface area contributed by atoms with E-state index in [1.165, 1.54) is 238 Å².